The Morgan fingerprint density at radius 3 is 2.06 bits per heavy atom. The summed E-state index contributed by atoms with van der Waals surface area (Å²) in [6.45, 7) is 0. The highest BCUT2D eigenvalue weighted by Crippen LogP contribution is 2.38. The third-order valence-electron chi connectivity index (χ3n) is 5.92. The minimum absolute atomic E-state index is 0.0482. The molecule has 0 bridgehead atoms. The van der Waals surface area contributed by atoms with Crippen LogP contribution in [0.2, 0.25) is 0 Å². The van der Waals surface area contributed by atoms with Gasteiger partial charge in [-0.1, -0.05) is 103 Å². The molecule has 0 aliphatic carbocycles. The van der Waals surface area contributed by atoms with Crippen molar-refractivity contribution in [3.63, 3.8) is 0 Å². The van der Waals surface area contributed by atoms with Crippen molar-refractivity contribution in [3.05, 3.63) is 133 Å². The second-order valence-corrected chi connectivity index (χ2v) is 9.55. The van der Waals surface area contributed by atoms with Crippen molar-refractivity contribution in [3.8, 4) is 0 Å². The standard InChI is InChI=1S/C28H21N3O2S2/c29-25-23(26(30)34)21(18-12-6-2-7-13-18)22(24(32)19-14-8-3-9-15-19)28-31(25)27(33)20(35-28)16-17-10-4-1-5-11-17/h1-16,21H,29H2,(H2,30,34). The molecule has 0 spiro atoms. The number of benzene rings is 3. The van der Waals surface area contributed by atoms with Gasteiger partial charge in [0.25, 0.3) is 5.56 Å². The number of fused-ring (bicyclic) bond motifs is 1. The van der Waals surface area contributed by atoms with E-state index in [4.69, 9.17) is 23.7 Å². The fourth-order valence-corrected chi connectivity index (χ4v) is 5.74. The van der Waals surface area contributed by atoms with E-state index in [-0.39, 0.29) is 22.2 Å². The number of Topliss-reactive ketones (excluding diaryl/α,β-unsaturated/α-hetero) is 1. The van der Waals surface area contributed by atoms with Crippen molar-refractivity contribution < 1.29 is 4.79 Å². The molecule has 172 valence electrons. The predicted molar refractivity (Wildman–Crippen MR) is 145 cm³/mol. The summed E-state index contributed by atoms with van der Waals surface area (Å²) in [4.78, 5) is 27.6. The van der Waals surface area contributed by atoms with E-state index in [1.807, 2.05) is 78.9 Å². The van der Waals surface area contributed by atoms with Gasteiger partial charge in [0.2, 0.25) is 0 Å². The number of carbonyl (C=O) groups is 1. The number of aromatic nitrogens is 1. The summed E-state index contributed by atoms with van der Waals surface area (Å²) in [6, 6.07) is 28.0. The summed E-state index contributed by atoms with van der Waals surface area (Å²) in [5.41, 5.74) is 15.4. The topological polar surface area (TPSA) is 91.1 Å². The smallest absolute Gasteiger partial charge is 0.274 e. The van der Waals surface area contributed by atoms with E-state index in [2.05, 4.69) is 0 Å². The van der Waals surface area contributed by atoms with Crippen LogP contribution in [0.25, 0.3) is 17.5 Å². The lowest BCUT2D eigenvalue weighted by Crippen LogP contribution is -2.42. The Kier molecular flexibility index (Phi) is 6.03. The van der Waals surface area contributed by atoms with Crippen LogP contribution in [-0.2, 0) is 0 Å². The van der Waals surface area contributed by atoms with E-state index in [9.17, 15) is 9.59 Å². The highest BCUT2D eigenvalue weighted by Gasteiger charge is 2.36. The number of ketones is 1. The normalized spacial score (nSPS) is 15.7. The molecule has 0 saturated carbocycles. The minimum Gasteiger partial charge on any atom is -0.390 e. The first-order valence-corrected chi connectivity index (χ1v) is 12.2. The quantitative estimate of drug-likeness (QED) is 0.328. The Labute approximate surface area is 211 Å². The molecule has 7 heteroatoms. The van der Waals surface area contributed by atoms with Crippen molar-refractivity contribution >= 4 is 51.8 Å². The lowest BCUT2D eigenvalue weighted by molar-refractivity contribution is 0.105. The van der Waals surface area contributed by atoms with Gasteiger partial charge in [-0.25, -0.2) is 0 Å². The molecule has 5 nitrogen and oxygen atoms in total. The maximum atomic E-state index is 14.0. The molecule has 1 aliphatic heterocycles. The molecule has 0 fully saturated rings. The van der Waals surface area contributed by atoms with Gasteiger partial charge >= 0.3 is 0 Å². The number of thiocarbonyl (C=S) groups is 1. The van der Waals surface area contributed by atoms with Crippen LogP contribution in [0, 0.1) is 0 Å². The van der Waals surface area contributed by atoms with Crippen LogP contribution in [0.3, 0.4) is 0 Å². The zero-order valence-electron chi connectivity index (χ0n) is 18.5. The maximum Gasteiger partial charge on any atom is 0.274 e. The first-order valence-electron chi connectivity index (χ1n) is 10.9. The molecule has 1 aromatic heterocycles. The molecule has 4 N–H and O–H groups in total. The average molecular weight is 496 g/mol. The molecule has 4 aromatic rings. The van der Waals surface area contributed by atoms with E-state index >= 15 is 0 Å². The van der Waals surface area contributed by atoms with Gasteiger partial charge in [0.1, 0.15) is 15.5 Å². The largest absolute Gasteiger partial charge is 0.390 e. The Balaban J connectivity index is 1.91. The molecular weight excluding hydrogens is 474 g/mol. The molecule has 35 heavy (non-hydrogen) atoms. The number of thiazole rings is 1. The van der Waals surface area contributed by atoms with Crippen molar-refractivity contribution in [2.24, 2.45) is 11.5 Å². The Morgan fingerprint density at radius 1 is 0.886 bits per heavy atom. The van der Waals surface area contributed by atoms with Crippen molar-refractivity contribution in [1.29, 1.82) is 0 Å². The van der Waals surface area contributed by atoms with Crippen LogP contribution in [0.4, 0.5) is 0 Å². The summed E-state index contributed by atoms with van der Waals surface area (Å²) in [5, 5.41) is 0. The monoisotopic (exact) mass is 495 g/mol. The number of hydrogen-bond donors (Lipinski definition) is 2. The number of nitrogens with zero attached hydrogens (tertiary/aromatic N) is 1. The summed E-state index contributed by atoms with van der Waals surface area (Å²) < 4.78 is 2.32. The molecular formula is C28H21N3O2S2. The second kappa shape index (κ2) is 9.29. The Bertz CT molecular complexity index is 1650. The van der Waals surface area contributed by atoms with E-state index in [1.165, 1.54) is 15.9 Å². The Morgan fingerprint density at radius 2 is 1.46 bits per heavy atom. The third-order valence-corrected chi connectivity index (χ3v) is 7.25. The number of carbonyl (C=O) groups excluding carboxylic acids is 1. The van der Waals surface area contributed by atoms with Crippen molar-refractivity contribution in [2.45, 2.75) is 5.92 Å². The second-order valence-electron chi connectivity index (χ2n) is 8.08. The third kappa shape index (κ3) is 4.05. The predicted octanol–water partition coefficient (Wildman–Crippen LogP) is 2.98. The van der Waals surface area contributed by atoms with Gasteiger partial charge in [-0.2, -0.15) is 0 Å². The maximum absolute atomic E-state index is 14.0. The Hall–Kier alpha value is -4.07. The average Bonchev–Trinajstić information content (AvgIpc) is 3.20. The lowest BCUT2D eigenvalue weighted by atomic mass is 9.80. The van der Waals surface area contributed by atoms with Gasteiger partial charge in [0.05, 0.1) is 4.53 Å². The summed E-state index contributed by atoms with van der Waals surface area (Å²) in [5.74, 6) is -0.661. The molecule has 0 amide bonds. The molecule has 0 saturated heterocycles. The lowest BCUT2D eigenvalue weighted by Gasteiger charge is -2.28. The zero-order valence-corrected chi connectivity index (χ0v) is 20.2. The number of nitrogens with two attached hydrogens (primary N) is 2. The summed E-state index contributed by atoms with van der Waals surface area (Å²) in [7, 11) is 0. The van der Waals surface area contributed by atoms with Crippen LogP contribution >= 0.6 is 23.6 Å². The molecule has 0 radical (unpaired) electrons. The highest BCUT2D eigenvalue weighted by molar-refractivity contribution is 7.80. The highest BCUT2D eigenvalue weighted by atomic mass is 32.1. The SMILES string of the molecule is NC(=S)C1=C(N)n2c(sc(=Cc3ccccc3)c2=O)=C(C(=O)c2ccccc2)C1c1ccccc1. The van der Waals surface area contributed by atoms with Gasteiger partial charge in [0, 0.05) is 22.6 Å². The molecule has 3 aromatic carbocycles. The fraction of sp³-hybridized carbons (Fsp3) is 0.0357. The van der Waals surface area contributed by atoms with Gasteiger partial charge < -0.3 is 11.5 Å². The van der Waals surface area contributed by atoms with Crippen LogP contribution in [0.1, 0.15) is 27.4 Å². The van der Waals surface area contributed by atoms with Gasteiger partial charge in [0.15, 0.2) is 5.78 Å². The molecule has 1 atom stereocenters. The van der Waals surface area contributed by atoms with Crippen molar-refractivity contribution in [2.75, 3.05) is 0 Å². The number of hydrogen-bond acceptors (Lipinski definition) is 5. The minimum atomic E-state index is -0.607. The van der Waals surface area contributed by atoms with Crippen molar-refractivity contribution in [1.82, 2.24) is 4.57 Å². The molecule has 1 aliphatic rings. The first kappa shape index (κ1) is 22.7. The van der Waals surface area contributed by atoms with E-state index in [1.54, 1.807) is 18.2 Å². The molecule has 2 heterocycles. The molecule has 5 rings (SSSR count). The fourth-order valence-electron chi connectivity index (χ4n) is 4.34. The first-order chi connectivity index (χ1) is 17.0. The van der Waals surface area contributed by atoms with Crippen LogP contribution in [-0.4, -0.2) is 15.3 Å². The van der Waals surface area contributed by atoms with Gasteiger partial charge in [-0.15, -0.1) is 11.3 Å². The van der Waals surface area contributed by atoms with Crippen LogP contribution in [0.5, 0.6) is 0 Å². The van der Waals surface area contributed by atoms with Crippen LogP contribution in [0.15, 0.2) is 101 Å². The summed E-state index contributed by atoms with van der Waals surface area (Å²) >= 11 is 6.65. The zero-order chi connectivity index (χ0) is 24.5. The van der Waals surface area contributed by atoms with E-state index < -0.39 is 5.92 Å². The van der Waals surface area contributed by atoms with Gasteiger partial charge in [-0.3, -0.25) is 14.2 Å². The summed E-state index contributed by atoms with van der Waals surface area (Å²) in [6.07, 6.45) is 1.80. The van der Waals surface area contributed by atoms with E-state index in [0.29, 0.717) is 25.9 Å². The van der Waals surface area contributed by atoms with Crippen LogP contribution < -0.4 is 26.2 Å². The van der Waals surface area contributed by atoms with Gasteiger partial charge in [-0.05, 0) is 17.2 Å². The van der Waals surface area contributed by atoms with E-state index in [0.717, 1.165) is 11.1 Å². The molecule has 1 unspecified atom stereocenters. The number of rotatable bonds is 5.